The van der Waals surface area contributed by atoms with Gasteiger partial charge in [-0.2, -0.15) is 0 Å². The molecule has 1 saturated heterocycles. The molecule has 1 heterocycles. The van der Waals surface area contributed by atoms with E-state index in [-0.39, 0.29) is 12.0 Å². The van der Waals surface area contributed by atoms with Crippen molar-refractivity contribution in [1.82, 2.24) is 10.2 Å². The minimum Gasteiger partial charge on any atom is -0.374 e. The molecule has 0 saturated carbocycles. The van der Waals surface area contributed by atoms with Crippen molar-refractivity contribution in [3.8, 4) is 0 Å². The molecule has 0 spiro atoms. The van der Waals surface area contributed by atoms with Crippen molar-refractivity contribution in [2.75, 3.05) is 32.8 Å². The lowest BCUT2D eigenvalue weighted by atomic mass is 9.97. The number of hydrogen-bond acceptors (Lipinski definition) is 3. The van der Waals surface area contributed by atoms with Gasteiger partial charge in [-0.1, -0.05) is 37.3 Å². The zero-order valence-corrected chi connectivity index (χ0v) is 13.0. The number of amides is 1. The number of nitrogens with one attached hydrogen (secondary N) is 1. The Morgan fingerprint density at radius 2 is 2.19 bits per heavy atom. The lowest BCUT2D eigenvalue weighted by Crippen LogP contribution is -2.47. The second-order valence-electron chi connectivity index (χ2n) is 5.83. The summed E-state index contributed by atoms with van der Waals surface area (Å²) >= 11 is 0. The van der Waals surface area contributed by atoms with Gasteiger partial charge in [0, 0.05) is 26.6 Å². The first-order chi connectivity index (χ1) is 10.1. The molecular formula is C17H26N2O2. The van der Waals surface area contributed by atoms with Crippen LogP contribution in [0.1, 0.15) is 31.7 Å². The van der Waals surface area contributed by atoms with Gasteiger partial charge < -0.3 is 10.1 Å². The van der Waals surface area contributed by atoms with Crippen LogP contribution in [0.5, 0.6) is 0 Å². The molecule has 1 N–H and O–H groups in total. The van der Waals surface area contributed by atoms with E-state index in [0.717, 1.165) is 32.7 Å². The summed E-state index contributed by atoms with van der Waals surface area (Å²) in [5.41, 5.74) is 1.40. The molecule has 116 valence electrons. The Balaban J connectivity index is 1.74. The van der Waals surface area contributed by atoms with E-state index in [9.17, 15) is 4.79 Å². The SMILES string of the molecule is CC(=O)NC[C@H]1CN(CC[C@H](C)c2ccccc2)CCO1. The van der Waals surface area contributed by atoms with Gasteiger partial charge in [-0.05, 0) is 24.4 Å². The van der Waals surface area contributed by atoms with Gasteiger partial charge in [0.15, 0.2) is 0 Å². The van der Waals surface area contributed by atoms with Crippen molar-refractivity contribution >= 4 is 5.91 Å². The summed E-state index contributed by atoms with van der Waals surface area (Å²) in [5, 5.41) is 2.84. The summed E-state index contributed by atoms with van der Waals surface area (Å²) in [5.74, 6) is 0.580. The fraction of sp³-hybridized carbons (Fsp3) is 0.588. The summed E-state index contributed by atoms with van der Waals surface area (Å²) in [4.78, 5) is 13.4. The highest BCUT2D eigenvalue weighted by atomic mass is 16.5. The van der Waals surface area contributed by atoms with Crippen LogP contribution >= 0.6 is 0 Å². The van der Waals surface area contributed by atoms with E-state index in [0.29, 0.717) is 12.5 Å². The number of nitrogens with zero attached hydrogens (tertiary/aromatic N) is 1. The lowest BCUT2D eigenvalue weighted by Gasteiger charge is -2.33. The first-order valence-electron chi connectivity index (χ1n) is 7.78. The van der Waals surface area contributed by atoms with Crippen LogP contribution in [-0.4, -0.2) is 49.7 Å². The highest BCUT2D eigenvalue weighted by Crippen LogP contribution is 2.19. The molecule has 2 atom stereocenters. The van der Waals surface area contributed by atoms with E-state index in [1.807, 2.05) is 0 Å². The number of carbonyl (C=O) groups excluding carboxylic acids is 1. The summed E-state index contributed by atoms with van der Waals surface area (Å²) in [7, 11) is 0. The fourth-order valence-electron chi connectivity index (χ4n) is 2.69. The molecule has 1 aliphatic heterocycles. The second-order valence-corrected chi connectivity index (χ2v) is 5.83. The van der Waals surface area contributed by atoms with Gasteiger partial charge >= 0.3 is 0 Å². The molecule has 1 aliphatic rings. The minimum atomic E-state index is 0.00780. The van der Waals surface area contributed by atoms with Gasteiger partial charge in [-0.25, -0.2) is 0 Å². The second kappa shape index (κ2) is 8.15. The molecule has 0 bridgehead atoms. The minimum absolute atomic E-state index is 0.00780. The molecule has 0 aliphatic carbocycles. The molecule has 2 rings (SSSR count). The van der Waals surface area contributed by atoms with Gasteiger partial charge in [-0.3, -0.25) is 9.69 Å². The van der Waals surface area contributed by atoms with E-state index >= 15 is 0 Å². The monoisotopic (exact) mass is 290 g/mol. The Labute approximate surface area is 127 Å². The first-order valence-corrected chi connectivity index (χ1v) is 7.78. The van der Waals surface area contributed by atoms with Gasteiger partial charge in [0.2, 0.25) is 5.91 Å². The van der Waals surface area contributed by atoms with Crippen LogP contribution in [0.4, 0.5) is 0 Å². The zero-order valence-electron chi connectivity index (χ0n) is 13.0. The molecule has 1 aromatic rings. The number of morpholine rings is 1. The van der Waals surface area contributed by atoms with Gasteiger partial charge in [0.25, 0.3) is 0 Å². The highest BCUT2D eigenvalue weighted by molar-refractivity contribution is 5.72. The maximum absolute atomic E-state index is 11.0. The Kier molecular flexibility index (Phi) is 6.21. The summed E-state index contributed by atoms with van der Waals surface area (Å²) in [6.45, 7) is 8.16. The van der Waals surface area contributed by atoms with Crippen molar-refractivity contribution in [1.29, 1.82) is 0 Å². The molecule has 1 amide bonds. The number of carbonyl (C=O) groups is 1. The molecular weight excluding hydrogens is 264 g/mol. The van der Waals surface area contributed by atoms with Crippen molar-refractivity contribution in [2.24, 2.45) is 0 Å². The summed E-state index contributed by atoms with van der Waals surface area (Å²) in [6, 6.07) is 10.7. The molecule has 4 nitrogen and oxygen atoms in total. The van der Waals surface area contributed by atoms with E-state index in [4.69, 9.17) is 4.74 Å². The van der Waals surface area contributed by atoms with Crippen molar-refractivity contribution in [2.45, 2.75) is 32.3 Å². The van der Waals surface area contributed by atoms with Gasteiger partial charge in [0.05, 0.1) is 12.7 Å². The smallest absolute Gasteiger partial charge is 0.216 e. The number of rotatable bonds is 6. The molecule has 4 heteroatoms. The van der Waals surface area contributed by atoms with E-state index in [1.54, 1.807) is 6.92 Å². The zero-order chi connectivity index (χ0) is 15.1. The van der Waals surface area contributed by atoms with Crippen LogP contribution < -0.4 is 5.32 Å². The van der Waals surface area contributed by atoms with Crippen molar-refractivity contribution < 1.29 is 9.53 Å². The Bertz CT molecular complexity index is 436. The van der Waals surface area contributed by atoms with E-state index in [1.165, 1.54) is 5.56 Å². The average molecular weight is 290 g/mol. The van der Waals surface area contributed by atoms with Crippen LogP contribution in [0, 0.1) is 0 Å². The Morgan fingerprint density at radius 3 is 2.90 bits per heavy atom. The van der Waals surface area contributed by atoms with E-state index in [2.05, 4.69) is 47.5 Å². The standard InChI is InChI=1S/C17H26N2O2/c1-14(16-6-4-3-5-7-16)8-9-19-10-11-21-17(13-19)12-18-15(2)20/h3-7,14,17H,8-13H2,1-2H3,(H,18,20)/t14-,17-/m0/s1. The predicted molar refractivity (Wildman–Crippen MR) is 84.3 cm³/mol. The molecule has 1 aromatic carbocycles. The third kappa shape index (κ3) is 5.48. The number of benzene rings is 1. The molecule has 0 aromatic heterocycles. The van der Waals surface area contributed by atoms with Crippen LogP contribution in [0.2, 0.25) is 0 Å². The van der Waals surface area contributed by atoms with Crippen LogP contribution in [0.15, 0.2) is 30.3 Å². The molecule has 21 heavy (non-hydrogen) atoms. The Morgan fingerprint density at radius 1 is 1.43 bits per heavy atom. The lowest BCUT2D eigenvalue weighted by molar-refractivity contribution is -0.120. The quantitative estimate of drug-likeness (QED) is 0.871. The van der Waals surface area contributed by atoms with Crippen molar-refractivity contribution in [3.63, 3.8) is 0 Å². The molecule has 1 fully saturated rings. The van der Waals surface area contributed by atoms with Gasteiger partial charge in [0.1, 0.15) is 0 Å². The van der Waals surface area contributed by atoms with E-state index < -0.39 is 0 Å². The van der Waals surface area contributed by atoms with Crippen LogP contribution in [0.3, 0.4) is 0 Å². The fourth-order valence-corrected chi connectivity index (χ4v) is 2.69. The maximum atomic E-state index is 11.0. The average Bonchev–Trinajstić information content (AvgIpc) is 2.52. The predicted octanol–water partition coefficient (Wildman–Crippen LogP) is 2.02. The maximum Gasteiger partial charge on any atom is 0.216 e. The number of ether oxygens (including phenoxy) is 1. The first kappa shape index (κ1) is 16.0. The van der Waals surface area contributed by atoms with Crippen LogP contribution in [0.25, 0.3) is 0 Å². The molecule has 0 radical (unpaired) electrons. The normalized spacial score (nSPS) is 21.0. The summed E-state index contributed by atoms with van der Waals surface area (Å²) in [6.07, 6.45) is 1.27. The van der Waals surface area contributed by atoms with Gasteiger partial charge in [-0.15, -0.1) is 0 Å². The van der Waals surface area contributed by atoms with Crippen LogP contribution in [-0.2, 0) is 9.53 Å². The largest absolute Gasteiger partial charge is 0.374 e. The Hall–Kier alpha value is -1.39. The topological polar surface area (TPSA) is 41.6 Å². The van der Waals surface area contributed by atoms with Crippen molar-refractivity contribution in [3.05, 3.63) is 35.9 Å². The highest BCUT2D eigenvalue weighted by Gasteiger charge is 2.20. The summed E-state index contributed by atoms with van der Waals surface area (Å²) < 4.78 is 5.69. The molecule has 0 unspecified atom stereocenters. The third-order valence-corrected chi connectivity index (χ3v) is 4.05. The number of hydrogen-bond donors (Lipinski definition) is 1. The third-order valence-electron chi connectivity index (χ3n) is 4.05.